The van der Waals surface area contributed by atoms with E-state index in [1.807, 2.05) is 0 Å². The van der Waals surface area contributed by atoms with Gasteiger partial charge in [-0.3, -0.25) is 9.69 Å². The fourth-order valence-electron chi connectivity index (χ4n) is 1.31. The quantitative estimate of drug-likeness (QED) is 0.582. The minimum Gasteiger partial charge on any atom is -0.444 e. The molecule has 1 heterocycles. The molecule has 86 valence electrons. The second kappa shape index (κ2) is 4.16. The first-order valence-electron chi connectivity index (χ1n) is 4.95. The first kappa shape index (κ1) is 11.9. The van der Waals surface area contributed by atoms with Gasteiger partial charge in [-0.25, -0.2) is 9.18 Å². The Kier molecular flexibility index (Phi) is 3.31. The van der Waals surface area contributed by atoms with Gasteiger partial charge in [-0.1, -0.05) is 0 Å². The first-order valence-corrected chi connectivity index (χ1v) is 4.95. The molecule has 0 aromatic heterocycles. The zero-order valence-electron chi connectivity index (χ0n) is 9.25. The molecule has 5 heteroatoms. The van der Waals surface area contributed by atoms with E-state index in [1.165, 1.54) is 0 Å². The van der Waals surface area contributed by atoms with Crippen LogP contribution >= 0.6 is 0 Å². The molecule has 0 N–H and O–H groups in total. The van der Waals surface area contributed by atoms with E-state index in [9.17, 15) is 14.0 Å². The third-order valence-electron chi connectivity index (χ3n) is 1.99. The number of Topliss-reactive ketones (excluding diaryl/α,β-unsaturated/α-hetero) is 1. The average Bonchev–Trinajstić information content (AvgIpc) is 1.99. The molecule has 0 radical (unpaired) electrons. The zero-order chi connectivity index (χ0) is 11.6. The lowest BCUT2D eigenvalue weighted by Crippen LogP contribution is -2.46. The highest BCUT2D eigenvalue weighted by Gasteiger charge is 2.33. The molecule has 1 saturated heterocycles. The number of halogens is 1. The molecule has 1 amide bonds. The minimum absolute atomic E-state index is 0.106. The van der Waals surface area contributed by atoms with E-state index in [0.717, 1.165) is 4.90 Å². The van der Waals surface area contributed by atoms with Crippen LogP contribution < -0.4 is 0 Å². The van der Waals surface area contributed by atoms with Crippen molar-refractivity contribution in [2.45, 2.75) is 45.5 Å². The molecule has 4 nitrogen and oxygen atoms in total. The molecule has 15 heavy (non-hydrogen) atoms. The van der Waals surface area contributed by atoms with Gasteiger partial charge < -0.3 is 4.74 Å². The van der Waals surface area contributed by atoms with Crippen LogP contribution in [-0.4, -0.2) is 35.2 Å². The van der Waals surface area contributed by atoms with Crippen molar-refractivity contribution in [3.05, 3.63) is 0 Å². The van der Waals surface area contributed by atoms with Crippen LogP contribution in [0.2, 0.25) is 0 Å². The second-order valence-electron chi connectivity index (χ2n) is 4.60. The van der Waals surface area contributed by atoms with Crippen LogP contribution in [0.25, 0.3) is 0 Å². The van der Waals surface area contributed by atoms with Gasteiger partial charge in [0.15, 0.2) is 6.30 Å². The number of hydrogen-bond donors (Lipinski definition) is 0. The molecule has 0 saturated carbocycles. The predicted molar refractivity (Wildman–Crippen MR) is 52.1 cm³/mol. The largest absolute Gasteiger partial charge is 0.444 e. The Morgan fingerprint density at radius 1 is 1.53 bits per heavy atom. The van der Waals surface area contributed by atoms with Gasteiger partial charge in [-0.2, -0.15) is 0 Å². The second-order valence-corrected chi connectivity index (χ2v) is 4.60. The zero-order valence-corrected chi connectivity index (χ0v) is 9.25. The van der Waals surface area contributed by atoms with Crippen molar-refractivity contribution in [3.63, 3.8) is 0 Å². The normalized spacial score (nSPS) is 22.8. The molecule has 1 unspecified atom stereocenters. The number of amides is 1. The van der Waals surface area contributed by atoms with E-state index in [-0.39, 0.29) is 25.2 Å². The Hall–Kier alpha value is -1.13. The summed E-state index contributed by atoms with van der Waals surface area (Å²) < 4.78 is 18.3. The summed E-state index contributed by atoms with van der Waals surface area (Å²) in [5, 5.41) is 0. The van der Waals surface area contributed by atoms with Gasteiger partial charge in [-0.15, -0.1) is 0 Å². The van der Waals surface area contributed by atoms with Crippen molar-refractivity contribution in [2.24, 2.45) is 0 Å². The molecule has 1 rings (SSSR count). The standard InChI is InChI=1S/C10H16FNO3/c1-10(2,3)15-9(14)12-5-4-7(13)6-8(12)11/h8H,4-6H2,1-3H3. The third kappa shape index (κ3) is 3.49. The highest BCUT2D eigenvalue weighted by molar-refractivity contribution is 5.82. The molecular weight excluding hydrogens is 201 g/mol. The maximum atomic E-state index is 13.3. The minimum atomic E-state index is -1.54. The lowest BCUT2D eigenvalue weighted by molar-refractivity contribution is -0.125. The molecule has 0 aromatic carbocycles. The van der Waals surface area contributed by atoms with E-state index in [2.05, 4.69) is 0 Å². The number of carbonyl (C=O) groups excluding carboxylic acids is 2. The molecule has 1 aliphatic heterocycles. The number of carbonyl (C=O) groups is 2. The van der Waals surface area contributed by atoms with Gasteiger partial charge in [-0.05, 0) is 20.8 Å². The Labute approximate surface area is 88.4 Å². The van der Waals surface area contributed by atoms with Gasteiger partial charge in [0.05, 0.1) is 6.42 Å². The van der Waals surface area contributed by atoms with Crippen molar-refractivity contribution in [2.75, 3.05) is 6.54 Å². The van der Waals surface area contributed by atoms with E-state index >= 15 is 0 Å². The third-order valence-corrected chi connectivity index (χ3v) is 1.99. The summed E-state index contributed by atoms with van der Waals surface area (Å²) in [6.07, 6.45) is -2.25. The average molecular weight is 217 g/mol. The van der Waals surface area contributed by atoms with E-state index in [1.54, 1.807) is 20.8 Å². The SMILES string of the molecule is CC(C)(C)OC(=O)N1CCC(=O)CC1F. The van der Waals surface area contributed by atoms with Crippen molar-refractivity contribution >= 4 is 11.9 Å². The van der Waals surface area contributed by atoms with Crippen molar-refractivity contribution in [1.82, 2.24) is 4.90 Å². The van der Waals surface area contributed by atoms with Crippen LogP contribution in [0, 0.1) is 0 Å². The molecular formula is C10H16FNO3. The van der Waals surface area contributed by atoms with Crippen molar-refractivity contribution < 1.29 is 18.7 Å². The first-order chi connectivity index (χ1) is 6.79. The van der Waals surface area contributed by atoms with Gasteiger partial charge in [0.2, 0.25) is 0 Å². The van der Waals surface area contributed by atoms with Gasteiger partial charge in [0.1, 0.15) is 11.4 Å². The monoisotopic (exact) mass is 217 g/mol. The van der Waals surface area contributed by atoms with Gasteiger partial charge in [0, 0.05) is 13.0 Å². The van der Waals surface area contributed by atoms with E-state index < -0.39 is 18.0 Å². The molecule has 0 bridgehead atoms. The Morgan fingerprint density at radius 3 is 2.60 bits per heavy atom. The summed E-state index contributed by atoms with van der Waals surface area (Å²) >= 11 is 0. The number of ketones is 1. The number of ether oxygens (including phenoxy) is 1. The van der Waals surface area contributed by atoms with Gasteiger partial charge in [0.25, 0.3) is 0 Å². The maximum Gasteiger partial charge on any atom is 0.412 e. The van der Waals surface area contributed by atoms with Crippen LogP contribution in [0.5, 0.6) is 0 Å². The number of hydrogen-bond acceptors (Lipinski definition) is 3. The number of nitrogens with zero attached hydrogens (tertiary/aromatic N) is 1. The van der Waals surface area contributed by atoms with Crippen LogP contribution in [0.3, 0.4) is 0 Å². The molecule has 0 spiro atoms. The summed E-state index contributed by atoms with van der Waals surface area (Å²) in [6, 6.07) is 0. The lowest BCUT2D eigenvalue weighted by Gasteiger charge is -2.31. The number of likely N-dealkylation sites (tertiary alicyclic amines) is 1. The van der Waals surface area contributed by atoms with E-state index in [0.29, 0.717) is 0 Å². The summed E-state index contributed by atoms with van der Waals surface area (Å²) in [5.74, 6) is -0.151. The number of alkyl halides is 1. The highest BCUT2D eigenvalue weighted by atomic mass is 19.1. The molecule has 0 aromatic rings. The van der Waals surface area contributed by atoms with Crippen LogP contribution in [0.1, 0.15) is 33.6 Å². The summed E-state index contributed by atoms with van der Waals surface area (Å²) in [4.78, 5) is 23.4. The topological polar surface area (TPSA) is 46.6 Å². The molecule has 1 aliphatic rings. The van der Waals surface area contributed by atoms with Crippen molar-refractivity contribution in [1.29, 1.82) is 0 Å². The Bertz CT molecular complexity index is 272. The fourth-order valence-corrected chi connectivity index (χ4v) is 1.31. The Morgan fingerprint density at radius 2 is 2.13 bits per heavy atom. The molecule has 1 fully saturated rings. The van der Waals surface area contributed by atoms with Crippen LogP contribution in [-0.2, 0) is 9.53 Å². The lowest BCUT2D eigenvalue weighted by atomic mass is 10.1. The fraction of sp³-hybridized carbons (Fsp3) is 0.800. The van der Waals surface area contributed by atoms with Crippen LogP contribution in [0.15, 0.2) is 0 Å². The summed E-state index contributed by atoms with van der Waals surface area (Å²) in [7, 11) is 0. The molecule has 1 atom stereocenters. The smallest absolute Gasteiger partial charge is 0.412 e. The van der Waals surface area contributed by atoms with E-state index in [4.69, 9.17) is 4.74 Å². The van der Waals surface area contributed by atoms with Crippen molar-refractivity contribution in [3.8, 4) is 0 Å². The number of piperidine rings is 1. The summed E-state index contributed by atoms with van der Waals surface area (Å²) in [5.41, 5.74) is -0.641. The Balaban J connectivity index is 2.56. The van der Waals surface area contributed by atoms with Crippen LogP contribution in [0.4, 0.5) is 9.18 Å². The van der Waals surface area contributed by atoms with Gasteiger partial charge >= 0.3 is 6.09 Å². The highest BCUT2D eigenvalue weighted by Crippen LogP contribution is 2.19. The maximum absolute atomic E-state index is 13.3. The molecule has 0 aliphatic carbocycles. The summed E-state index contributed by atoms with van der Waals surface area (Å²) in [6.45, 7) is 5.25. The predicted octanol–water partition coefficient (Wildman–Crippen LogP) is 1.88. The number of rotatable bonds is 0.